The predicted molar refractivity (Wildman–Crippen MR) is 44.1 cm³/mol. The summed E-state index contributed by atoms with van der Waals surface area (Å²) in [6.07, 6.45) is 5.93. The van der Waals surface area contributed by atoms with Crippen LogP contribution in [-0.2, 0) is 9.47 Å². The molecule has 0 radical (unpaired) electrons. The second-order valence-corrected chi connectivity index (χ2v) is 3.20. The van der Waals surface area contributed by atoms with Crippen molar-refractivity contribution in [3.63, 3.8) is 0 Å². The highest BCUT2D eigenvalue weighted by Gasteiger charge is 2.17. The van der Waals surface area contributed by atoms with Crippen molar-refractivity contribution in [2.75, 3.05) is 6.79 Å². The Kier molecular flexibility index (Phi) is 3.43. The van der Waals surface area contributed by atoms with E-state index in [0.717, 1.165) is 0 Å². The van der Waals surface area contributed by atoms with Gasteiger partial charge in [-0.25, -0.2) is 0 Å². The fourth-order valence-corrected chi connectivity index (χ4v) is 0.874. The maximum absolute atomic E-state index is 5.36. The Morgan fingerprint density at radius 2 is 2.18 bits per heavy atom. The van der Waals surface area contributed by atoms with Crippen LogP contribution in [0.15, 0.2) is 11.8 Å². The van der Waals surface area contributed by atoms with E-state index in [1.807, 2.05) is 13.8 Å². The van der Waals surface area contributed by atoms with Gasteiger partial charge in [-0.3, -0.25) is 0 Å². The van der Waals surface area contributed by atoms with Crippen LogP contribution in [0.4, 0.5) is 0 Å². The quantitative estimate of drug-likeness (QED) is 0.353. The molecule has 0 amide bonds. The number of hydrogen-bond acceptors (Lipinski definition) is 2. The first-order chi connectivity index (χ1) is 5.29. The van der Waals surface area contributed by atoms with Gasteiger partial charge in [0.2, 0.25) is 0 Å². The summed E-state index contributed by atoms with van der Waals surface area (Å²) >= 11 is 0. The summed E-state index contributed by atoms with van der Waals surface area (Å²) in [5.74, 6) is 0. The van der Waals surface area contributed by atoms with Gasteiger partial charge in [0.05, 0.1) is 12.4 Å². The van der Waals surface area contributed by atoms with Gasteiger partial charge >= 0.3 is 0 Å². The molecule has 0 atom stereocenters. The zero-order chi connectivity index (χ0) is 8.10. The topological polar surface area (TPSA) is 18.5 Å². The van der Waals surface area contributed by atoms with Crippen LogP contribution in [-0.4, -0.2) is 12.9 Å². The molecule has 0 unspecified atom stereocenters. The summed E-state index contributed by atoms with van der Waals surface area (Å²) in [6, 6.07) is 0. The van der Waals surface area contributed by atoms with Gasteiger partial charge < -0.3 is 9.47 Å². The van der Waals surface area contributed by atoms with E-state index in [2.05, 4.69) is 0 Å². The van der Waals surface area contributed by atoms with Gasteiger partial charge in [0.15, 0.2) is 6.79 Å². The first-order valence-electron chi connectivity index (χ1n) is 4.15. The second kappa shape index (κ2) is 4.39. The van der Waals surface area contributed by atoms with Crippen LogP contribution >= 0.6 is 0 Å². The molecule has 1 rings (SSSR count). The molecule has 64 valence electrons. The summed E-state index contributed by atoms with van der Waals surface area (Å²) < 4.78 is 10.5. The molecule has 1 fully saturated rings. The molecule has 1 aliphatic carbocycles. The van der Waals surface area contributed by atoms with Gasteiger partial charge in [0, 0.05) is 0 Å². The second-order valence-electron chi connectivity index (χ2n) is 3.20. The van der Waals surface area contributed by atoms with E-state index in [4.69, 9.17) is 9.47 Å². The Labute approximate surface area is 68.2 Å². The van der Waals surface area contributed by atoms with Gasteiger partial charge in [-0.05, 0) is 38.7 Å². The molecule has 0 heterocycles. The molecule has 2 nitrogen and oxygen atoms in total. The lowest BCUT2D eigenvalue weighted by Gasteiger charge is -2.24. The lowest BCUT2D eigenvalue weighted by Crippen LogP contribution is -2.22. The van der Waals surface area contributed by atoms with Gasteiger partial charge in [-0.15, -0.1) is 0 Å². The van der Waals surface area contributed by atoms with Gasteiger partial charge in [-0.1, -0.05) is 0 Å². The maximum Gasteiger partial charge on any atom is 0.188 e. The zero-order valence-electron chi connectivity index (χ0n) is 7.30. The molecular formula is C9H16O2. The average molecular weight is 156 g/mol. The summed E-state index contributed by atoms with van der Waals surface area (Å²) in [4.78, 5) is 0. The first kappa shape index (κ1) is 8.60. The SMILES string of the molecule is CC(C)=COCOC1CCC1. The van der Waals surface area contributed by atoms with E-state index < -0.39 is 0 Å². The van der Waals surface area contributed by atoms with Crippen LogP contribution in [0.2, 0.25) is 0 Å². The first-order valence-corrected chi connectivity index (χ1v) is 4.15. The Balaban J connectivity index is 1.91. The molecule has 0 spiro atoms. The van der Waals surface area contributed by atoms with Crippen molar-refractivity contribution < 1.29 is 9.47 Å². The van der Waals surface area contributed by atoms with E-state index in [1.165, 1.54) is 24.8 Å². The number of rotatable bonds is 4. The minimum absolute atomic E-state index is 0.413. The Morgan fingerprint density at radius 3 is 2.64 bits per heavy atom. The van der Waals surface area contributed by atoms with E-state index in [1.54, 1.807) is 6.26 Å². The highest BCUT2D eigenvalue weighted by atomic mass is 16.7. The van der Waals surface area contributed by atoms with Crippen LogP contribution in [0.5, 0.6) is 0 Å². The van der Waals surface area contributed by atoms with Crippen molar-refractivity contribution in [1.82, 2.24) is 0 Å². The Bertz CT molecular complexity index is 132. The minimum atomic E-state index is 0.413. The summed E-state index contributed by atoms with van der Waals surface area (Å²) in [5, 5.41) is 0. The monoisotopic (exact) mass is 156 g/mol. The molecule has 2 heteroatoms. The lowest BCUT2D eigenvalue weighted by atomic mass is 9.96. The molecule has 0 aliphatic heterocycles. The fourth-order valence-electron chi connectivity index (χ4n) is 0.874. The van der Waals surface area contributed by atoms with Crippen molar-refractivity contribution in [2.24, 2.45) is 0 Å². The van der Waals surface area contributed by atoms with Crippen LogP contribution in [0.3, 0.4) is 0 Å². The Hall–Kier alpha value is -0.500. The van der Waals surface area contributed by atoms with Crippen LogP contribution in [0, 0.1) is 0 Å². The standard InChI is InChI=1S/C9H16O2/c1-8(2)6-10-7-11-9-4-3-5-9/h6,9H,3-5,7H2,1-2H3. The highest BCUT2D eigenvalue weighted by molar-refractivity contribution is 4.85. The summed E-state index contributed by atoms with van der Waals surface area (Å²) in [6.45, 7) is 4.42. The molecular weight excluding hydrogens is 140 g/mol. The van der Waals surface area contributed by atoms with E-state index >= 15 is 0 Å². The van der Waals surface area contributed by atoms with Crippen LogP contribution in [0.1, 0.15) is 33.1 Å². The molecule has 1 saturated carbocycles. The smallest absolute Gasteiger partial charge is 0.188 e. The highest BCUT2D eigenvalue weighted by Crippen LogP contribution is 2.21. The summed E-state index contributed by atoms with van der Waals surface area (Å²) in [7, 11) is 0. The minimum Gasteiger partial charge on any atom is -0.475 e. The summed E-state index contributed by atoms with van der Waals surface area (Å²) in [5.41, 5.74) is 1.17. The van der Waals surface area contributed by atoms with Crippen molar-refractivity contribution in [3.05, 3.63) is 11.8 Å². The molecule has 0 aromatic rings. The lowest BCUT2D eigenvalue weighted by molar-refractivity contribution is -0.0848. The van der Waals surface area contributed by atoms with Gasteiger partial charge in [-0.2, -0.15) is 0 Å². The van der Waals surface area contributed by atoms with Crippen molar-refractivity contribution in [2.45, 2.75) is 39.2 Å². The van der Waals surface area contributed by atoms with Crippen LogP contribution < -0.4 is 0 Å². The number of hydrogen-bond donors (Lipinski definition) is 0. The van der Waals surface area contributed by atoms with Crippen molar-refractivity contribution >= 4 is 0 Å². The Morgan fingerprint density at radius 1 is 1.45 bits per heavy atom. The van der Waals surface area contributed by atoms with E-state index in [9.17, 15) is 0 Å². The third-order valence-electron chi connectivity index (χ3n) is 1.74. The molecule has 0 aromatic heterocycles. The van der Waals surface area contributed by atoms with Gasteiger partial charge in [0.25, 0.3) is 0 Å². The largest absolute Gasteiger partial charge is 0.475 e. The van der Waals surface area contributed by atoms with E-state index in [0.29, 0.717) is 12.9 Å². The third-order valence-corrected chi connectivity index (χ3v) is 1.74. The van der Waals surface area contributed by atoms with Crippen molar-refractivity contribution in [3.8, 4) is 0 Å². The number of ether oxygens (including phenoxy) is 2. The average Bonchev–Trinajstić information content (AvgIpc) is 1.82. The molecule has 1 aliphatic rings. The van der Waals surface area contributed by atoms with Gasteiger partial charge in [0.1, 0.15) is 0 Å². The normalized spacial score (nSPS) is 17.3. The fraction of sp³-hybridized carbons (Fsp3) is 0.778. The maximum atomic E-state index is 5.36. The third kappa shape index (κ3) is 3.42. The predicted octanol–water partition coefficient (Wildman–Crippen LogP) is 2.45. The number of allylic oxidation sites excluding steroid dienone is 1. The van der Waals surface area contributed by atoms with Crippen LogP contribution in [0.25, 0.3) is 0 Å². The molecule has 0 N–H and O–H groups in total. The molecule has 0 saturated heterocycles. The molecule has 11 heavy (non-hydrogen) atoms. The molecule has 0 bridgehead atoms. The van der Waals surface area contributed by atoms with Crippen molar-refractivity contribution in [1.29, 1.82) is 0 Å². The zero-order valence-corrected chi connectivity index (χ0v) is 7.30. The molecule has 0 aromatic carbocycles. The van der Waals surface area contributed by atoms with E-state index in [-0.39, 0.29) is 0 Å².